The predicted molar refractivity (Wildman–Crippen MR) is 62.6 cm³/mol. The van der Waals surface area contributed by atoms with E-state index >= 15 is 0 Å². The topological polar surface area (TPSA) is 96.6 Å². The van der Waals surface area contributed by atoms with Crippen molar-refractivity contribution in [1.82, 2.24) is 4.57 Å². The molecule has 0 spiro atoms. The van der Waals surface area contributed by atoms with E-state index in [-0.39, 0.29) is 11.1 Å². The molecule has 0 aliphatic rings. The molecule has 0 radical (unpaired) electrons. The normalized spacial score (nSPS) is 11.7. The summed E-state index contributed by atoms with van der Waals surface area (Å²) >= 11 is 0. The summed E-state index contributed by atoms with van der Waals surface area (Å²) in [4.78, 5) is 11.6. The van der Waals surface area contributed by atoms with Crippen molar-refractivity contribution in [3.05, 3.63) is 27.5 Å². The Bertz CT molecular complexity index is 573. The number of pyridine rings is 1. The number of aromatic hydroxyl groups is 1. The molecule has 0 aromatic carbocycles. The van der Waals surface area contributed by atoms with Crippen LogP contribution in [0.4, 0.5) is 0 Å². The van der Waals surface area contributed by atoms with Gasteiger partial charge in [0, 0.05) is 18.2 Å². The highest BCUT2D eigenvalue weighted by Crippen LogP contribution is 2.21. The van der Waals surface area contributed by atoms with E-state index in [0.29, 0.717) is 18.5 Å². The molecular formula is C10H15NO5S. The molecule has 0 amide bonds. The molecule has 0 unspecified atom stereocenters. The van der Waals surface area contributed by atoms with E-state index < -0.39 is 21.8 Å². The van der Waals surface area contributed by atoms with E-state index in [0.717, 1.165) is 4.57 Å². The number of rotatable bonds is 4. The van der Waals surface area contributed by atoms with Crippen LogP contribution in [-0.2, 0) is 22.4 Å². The van der Waals surface area contributed by atoms with Crippen LogP contribution in [0.15, 0.2) is 10.9 Å². The second kappa shape index (κ2) is 4.89. The van der Waals surface area contributed by atoms with Gasteiger partial charge >= 0.3 is 0 Å². The molecule has 1 rings (SSSR count). The Morgan fingerprint density at radius 2 is 2.00 bits per heavy atom. The number of aromatic nitrogens is 1. The Kier molecular flexibility index (Phi) is 3.94. The molecule has 0 aliphatic carbocycles. The molecule has 1 aromatic heterocycles. The molecule has 0 saturated heterocycles. The minimum Gasteiger partial charge on any atom is -0.494 e. The van der Waals surface area contributed by atoms with Gasteiger partial charge in [-0.05, 0) is 18.9 Å². The summed E-state index contributed by atoms with van der Waals surface area (Å²) in [6.45, 7) is 3.63. The van der Waals surface area contributed by atoms with Crippen molar-refractivity contribution in [3.63, 3.8) is 0 Å². The summed E-state index contributed by atoms with van der Waals surface area (Å²) in [6, 6.07) is 1.25. The van der Waals surface area contributed by atoms with Gasteiger partial charge < -0.3 is 5.11 Å². The van der Waals surface area contributed by atoms with Crippen LogP contribution in [0.5, 0.6) is 5.88 Å². The average molecular weight is 261 g/mol. The Hall–Kier alpha value is -1.34. The minimum atomic E-state index is -4.24. The van der Waals surface area contributed by atoms with Crippen LogP contribution in [0.3, 0.4) is 0 Å². The van der Waals surface area contributed by atoms with Crippen molar-refractivity contribution in [2.45, 2.75) is 32.6 Å². The SMILES string of the molecule is CCCn1c(O)c(CS(=O)(=O)O)c(C)cc1=O. The van der Waals surface area contributed by atoms with E-state index in [1.807, 2.05) is 6.92 Å². The zero-order valence-electron chi connectivity index (χ0n) is 9.67. The first kappa shape index (κ1) is 13.7. The fourth-order valence-corrected chi connectivity index (χ4v) is 2.32. The Morgan fingerprint density at radius 1 is 1.41 bits per heavy atom. The Balaban J connectivity index is 3.40. The van der Waals surface area contributed by atoms with Crippen LogP contribution in [0.25, 0.3) is 0 Å². The third-order valence-electron chi connectivity index (χ3n) is 2.38. The lowest BCUT2D eigenvalue weighted by molar-refractivity contribution is 0.397. The maximum Gasteiger partial charge on any atom is 0.269 e. The van der Waals surface area contributed by atoms with Gasteiger partial charge in [-0.1, -0.05) is 6.92 Å². The second-order valence-electron chi connectivity index (χ2n) is 3.85. The first-order valence-corrected chi connectivity index (χ1v) is 6.74. The average Bonchev–Trinajstić information content (AvgIpc) is 2.18. The molecule has 0 fully saturated rings. The zero-order valence-corrected chi connectivity index (χ0v) is 10.5. The molecule has 2 N–H and O–H groups in total. The number of nitrogens with zero attached hydrogens (tertiary/aromatic N) is 1. The van der Waals surface area contributed by atoms with Gasteiger partial charge in [0.1, 0.15) is 5.75 Å². The van der Waals surface area contributed by atoms with Gasteiger partial charge in [0.25, 0.3) is 15.7 Å². The van der Waals surface area contributed by atoms with Crippen molar-refractivity contribution < 1.29 is 18.1 Å². The third kappa shape index (κ3) is 3.31. The molecule has 96 valence electrons. The third-order valence-corrected chi connectivity index (χ3v) is 3.04. The molecule has 7 heteroatoms. The lowest BCUT2D eigenvalue weighted by Gasteiger charge is -2.12. The van der Waals surface area contributed by atoms with Crippen LogP contribution in [-0.4, -0.2) is 22.6 Å². The van der Waals surface area contributed by atoms with E-state index in [9.17, 15) is 18.3 Å². The molecule has 0 atom stereocenters. The molecule has 6 nitrogen and oxygen atoms in total. The first-order valence-electron chi connectivity index (χ1n) is 5.13. The molecule has 17 heavy (non-hydrogen) atoms. The summed E-state index contributed by atoms with van der Waals surface area (Å²) in [7, 11) is -4.24. The highest BCUT2D eigenvalue weighted by Gasteiger charge is 2.17. The maximum atomic E-state index is 11.6. The van der Waals surface area contributed by atoms with Gasteiger partial charge in [0.2, 0.25) is 0 Å². The van der Waals surface area contributed by atoms with Gasteiger partial charge in [-0.2, -0.15) is 8.42 Å². The fraction of sp³-hybridized carbons (Fsp3) is 0.500. The molecular weight excluding hydrogens is 246 g/mol. The lowest BCUT2D eigenvalue weighted by Crippen LogP contribution is -2.22. The van der Waals surface area contributed by atoms with Crippen LogP contribution in [0.2, 0.25) is 0 Å². The van der Waals surface area contributed by atoms with Crippen molar-refractivity contribution in [2.24, 2.45) is 0 Å². The zero-order chi connectivity index (χ0) is 13.2. The van der Waals surface area contributed by atoms with Crippen LogP contribution >= 0.6 is 0 Å². The quantitative estimate of drug-likeness (QED) is 0.776. The van der Waals surface area contributed by atoms with Crippen LogP contribution < -0.4 is 5.56 Å². The highest BCUT2D eigenvalue weighted by atomic mass is 32.2. The Morgan fingerprint density at radius 3 is 2.47 bits per heavy atom. The number of aryl methyl sites for hydroxylation is 1. The smallest absolute Gasteiger partial charge is 0.269 e. The van der Waals surface area contributed by atoms with Crippen LogP contribution in [0, 0.1) is 6.92 Å². The Labute approximate surface area is 99.3 Å². The molecule has 1 heterocycles. The summed E-state index contributed by atoms with van der Waals surface area (Å²) < 4.78 is 31.5. The van der Waals surface area contributed by atoms with Crippen LogP contribution in [0.1, 0.15) is 24.5 Å². The van der Waals surface area contributed by atoms with Crippen molar-refractivity contribution in [2.75, 3.05) is 0 Å². The standard InChI is InChI=1S/C10H15NO5S/c1-3-4-11-9(12)5-7(2)8(10(11)13)6-17(14,15)16/h5,13H,3-4,6H2,1-2H3,(H,14,15,16). The predicted octanol–water partition coefficient (Wildman–Crippen LogP) is 0.660. The van der Waals surface area contributed by atoms with Gasteiger partial charge in [-0.15, -0.1) is 0 Å². The first-order chi connectivity index (χ1) is 7.76. The summed E-state index contributed by atoms with van der Waals surface area (Å²) in [5.41, 5.74) is 0.0129. The van der Waals surface area contributed by atoms with Gasteiger partial charge in [-0.25, -0.2) is 0 Å². The van der Waals surface area contributed by atoms with Gasteiger partial charge in [-0.3, -0.25) is 13.9 Å². The van der Waals surface area contributed by atoms with E-state index in [1.165, 1.54) is 13.0 Å². The second-order valence-corrected chi connectivity index (χ2v) is 5.30. The van der Waals surface area contributed by atoms with E-state index in [1.54, 1.807) is 0 Å². The molecule has 0 aliphatic heterocycles. The monoisotopic (exact) mass is 261 g/mol. The molecule has 0 saturated carbocycles. The lowest BCUT2D eigenvalue weighted by atomic mass is 10.1. The van der Waals surface area contributed by atoms with Crippen molar-refractivity contribution >= 4 is 10.1 Å². The van der Waals surface area contributed by atoms with Crippen molar-refractivity contribution in [3.8, 4) is 5.88 Å². The van der Waals surface area contributed by atoms with Crippen molar-refractivity contribution in [1.29, 1.82) is 0 Å². The van der Waals surface area contributed by atoms with E-state index in [2.05, 4.69) is 0 Å². The highest BCUT2D eigenvalue weighted by molar-refractivity contribution is 7.85. The summed E-state index contributed by atoms with van der Waals surface area (Å²) in [5, 5.41) is 9.83. The van der Waals surface area contributed by atoms with Gasteiger partial charge in [0.05, 0.1) is 0 Å². The summed E-state index contributed by atoms with van der Waals surface area (Å²) in [5.74, 6) is -1.09. The maximum absolute atomic E-state index is 11.6. The largest absolute Gasteiger partial charge is 0.494 e. The number of hydrogen-bond donors (Lipinski definition) is 2. The minimum absolute atomic E-state index is 0.0561. The summed E-state index contributed by atoms with van der Waals surface area (Å²) in [6.07, 6.45) is 0.627. The van der Waals surface area contributed by atoms with E-state index in [4.69, 9.17) is 4.55 Å². The van der Waals surface area contributed by atoms with Gasteiger partial charge in [0.15, 0.2) is 5.88 Å². The molecule has 1 aromatic rings. The molecule has 0 bridgehead atoms. The fourth-order valence-electron chi connectivity index (χ4n) is 1.59. The number of hydrogen-bond acceptors (Lipinski definition) is 4.